The quantitative estimate of drug-likeness (QED) is 0.739. The maximum atomic E-state index is 13.3. The van der Waals surface area contributed by atoms with E-state index in [4.69, 9.17) is 10.5 Å². The zero-order valence-electron chi connectivity index (χ0n) is 8.22. The first-order valence-electron chi connectivity index (χ1n) is 4.81. The molecular formula is C11H14FNO. The molecule has 1 atom stereocenters. The lowest BCUT2D eigenvalue weighted by molar-refractivity contribution is 0.384. The molecule has 2 rings (SSSR count). The number of methoxy groups -OCH3 is 1. The van der Waals surface area contributed by atoms with Crippen molar-refractivity contribution < 1.29 is 9.13 Å². The Hall–Kier alpha value is -1.09. The van der Waals surface area contributed by atoms with Crippen LogP contribution in [-0.4, -0.2) is 13.2 Å². The van der Waals surface area contributed by atoms with Gasteiger partial charge in [0.15, 0.2) is 11.6 Å². The number of hydrogen-bond acceptors (Lipinski definition) is 2. The van der Waals surface area contributed by atoms with E-state index in [-0.39, 0.29) is 11.9 Å². The SMILES string of the molecule is COc1cc2c(cc1F)C[C@@H](N)CC2. The van der Waals surface area contributed by atoms with Gasteiger partial charge in [0.25, 0.3) is 0 Å². The van der Waals surface area contributed by atoms with Gasteiger partial charge in [0.1, 0.15) is 0 Å². The number of ether oxygens (including phenoxy) is 1. The Morgan fingerprint density at radius 3 is 2.93 bits per heavy atom. The molecular weight excluding hydrogens is 181 g/mol. The van der Waals surface area contributed by atoms with Crippen molar-refractivity contribution in [1.82, 2.24) is 0 Å². The van der Waals surface area contributed by atoms with Crippen LogP contribution in [0.1, 0.15) is 17.5 Å². The number of halogens is 1. The van der Waals surface area contributed by atoms with Crippen LogP contribution < -0.4 is 10.5 Å². The van der Waals surface area contributed by atoms with E-state index in [1.165, 1.54) is 12.7 Å². The summed E-state index contributed by atoms with van der Waals surface area (Å²) >= 11 is 0. The van der Waals surface area contributed by atoms with Crippen LogP contribution in [0.3, 0.4) is 0 Å². The molecule has 1 aliphatic carbocycles. The zero-order chi connectivity index (χ0) is 10.1. The highest BCUT2D eigenvalue weighted by molar-refractivity contribution is 5.39. The van der Waals surface area contributed by atoms with E-state index in [0.29, 0.717) is 5.75 Å². The van der Waals surface area contributed by atoms with E-state index in [0.717, 1.165) is 24.8 Å². The van der Waals surface area contributed by atoms with Crippen LogP contribution in [0.4, 0.5) is 4.39 Å². The molecule has 0 amide bonds. The largest absolute Gasteiger partial charge is 0.494 e. The van der Waals surface area contributed by atoms with Gasteiger partial charge < -0.3 is 10.5 Å². The van der Waals surface area contributed by atoms with Crippen molar-refractivity contribution in [1.29, 1.82) is 0 Å². The highest BCUT2D eigenvalue weighted by Gasteiger charge is 2.18. The molecule has 0 unspecified atom stereocenters. The van der Waals surface area contributed by atoms with Gasteiger partial charge in [-0.1, -0.05) is 0 Å². The highest BCUT2D eigenvalue weighted by atomic mass is 19.1. The molecule has 0 fully saturated rings. The lowest BCUT2D eigenvalue weighted by Crippen LogP contribution is -2.27. The molecule has 76 valence electrons. The van der Waals surface area contributed by atoms with Crippen molar-refractivity contribution >= 4 is 0 Å². The number of aryl methyl sites for hydroxylation is 1. The molecule has 0 heterocycles. The first-order valence-corrected chi connectivity index (χ1v) is 4.81. The van der Waals surface area contributed by atoms with E-state index in [2.05, 4.69) is 0 Å². The maximum absolute atomic E-state index is 13.3. The molecule has 0 saturated heterocycles. The molecule has 0 aliphatic heterocycles. The van der Waals surface area contributed by atoms with Crippen LogP contribution in [0.15, 0.2) is 12.1 Å². The predicted octanol–water partition coefficient (Wildman–Crippen LogP) is 1.65. The van der Waals surface area contributed by atoms with Gasteiger partial charge >= 0.3 is 0 Å². The summed E-state index contributed by atoms with van der Waals surface area (Å²) in [5.74, 6) is 0.0413. The molecule has 1 aromatic rings. The lowest BCUT2D eigenvalue weighted by Gasteiger charge is -2.21. The first-order chi connectivity index (χ1) is 6.70. The zero-order valence-corrected chi connectivity index (χ0v) is 8.22. The van der Waals surface area contributed by atoms with E-state index in [1.54, 1.807) is 12.1 Å². The number of fused-ring (bicyclic) bond motifs is 1. The topological polar surface area (TPSA) is 35.2 Å². The predicted molar refractivity (Wildman–Crippen MR) is 53.0 cm³/mol. The lowest BCUT2D eigenvalue weighted by atomic mass is 9.88. The Morgan fingerprint density at radius 1 is 1.43 bits per heavy atom. The molecule has 2 N–H and O–H groups in total. The Kier molecular flexibility index (Phi) is 2.42. The summed E-state index contributed by atoms with van der Waals surface area (Å²) < 4.78 is 18.3. The van der Waals surface area contributed by atoms with E-state index in [9.17, 15) is 4.39 Å². The van der Waals surface area contributed by atoms with Crippen molar-refractivity contribution in [3.8, 4) is 5.75 Å². The third-order valence-electron chi connectivity index (χ3n) is 2.74. The van der Waals surface area contributed by atoms with Gasteiger partial charge in [-0.05, 0) is 42.5 Å². The van der Waals surface area contributed by atoms with Gasteiger partial charge in [0.2, 0.25) is 0 Å². The third-order valence-corrected chi connectivity index (χ3v) is 2.74. The summed E-state index contributed by atoms with van der Waals surface area (Å²) in [4.78, 5) is 0. The average Bonchev–Trinajstić information content (AvgIpc) is 2.16. The normalized spacial score (nSPS) is 20.4. The van der Waals surface area contributed by atoms with Crippen LogP contribution >= 0.6 is 0 Å². The second-order valence-corrected chi connectivity index (χ2v) is 3.76. The molecule has 1 aromatic carbocycles. The smallest absolute Gasteiger partial charge is 0.165 e. The molecule has 3 heteroatoms. The second kappa shape index (κ2) is 3.58. The Labute approximate surface area is 82.9 Å². The van der Waals surface area contributed by atoms with Crippen LogP contribution in [-0.2, 0) is 12.8 Å². The van der Waals surface area contributed by atoms with Crippen molar-refractivity contribution in [2.45, 2.75) is 25.3 Å². The van der Waals surface area contributed by atoms with Gasteiger partial charge in [-0.3, -0.25) is 0 Å². The van der Waals surface area contributed by atoms with Gasteiger partial charge in [0, 0.05) is 6.04 Å². The minimum absolute atomic E-state index is 0.176. The summed E-state index contributed by atoms with van der Waals surface area (Å²) in [7, 11) is 1.49. The second-order valence-electron chi connectivity index (χ2n) is 3.76. The monoisotopic (exact) mass is 195 g/mol. The molecule has 2 nitrogen and oxygen atoms in total. The van der Waals surface area contributed by atoms with E-state index in [1.807, 2.05) is 0 Å². The molecule has 0 bridgehead atoms. The van der Waals surface area contributed by atoms with Crippen LogP contribution in [0.25, 0.3) is 0 Å². The molecule has 14 heavy (non-hydrogen) atoms. The molecule has 1 aliphatic rings. The number of benzene rings is 1. The highest BCUT2D eigenvalue weighted by Crippen LogP contribution is 2.27. The van der Waals surface area contributed by atoms with Crippen molar-refractivity contribution in [2.24, 2.45) is 5.73 Å². The average molecular weight is 195 g/mol. The fourth-order valence-corrected chi connectivity index (χ4v) is 1.94. The van der Waals surface area contributed by atoms with Crippen molar-refractivity contribution in [3.63, 3.8) is 0 Å². The Balaban J connectivity index is 2.40. The van der Waals surface area contributed by atoms with E-state index >= 15 is 0 Å². The molecule has 0 saturated carbocycles. The van der Waals surface area contributed by atoms with Gasteiger partial charge in [0.05, 0.1) is 7.11 Å². The van der Waals surface area contributed by atoms with Crippen LogP contribution in [0.5, 0.6) is 5.75 Å². The summed E-state index contributed by atoms with van der Waals surface area (Å²) in [6.45, 7) is 0. The molecule has 0 radical (unpaired) electrons. The third kappa shape index (κ3) is 1.60. The Morgan fingerprint density at radius 2 is 2.21 bits per heavy atom. The molecule has 0 spiro atoms. The van der Waals surface area contributed by atoms with E-state index < -0.39 is 0 Å². The van der Waals surface area contributed by atoms with Gasteiger partial charge in [-0.25, -0.2) is 4.39 Å². The molecule has 0 aromatic heterocycles. The summed E-state index contributed by atoms with van der Waals surface area (Å²) in [6.07, 6.45) is 2.67. The standard InChI is InChI=1S/C11H14FNO/c1-14-11-6-7-2-3-9(13)4-8(7)5-10(11)12/h5-6,9H,2-4,13H2,1H3/t9-/m0/s1. The number of rotatable bonds is 1. The number of hydrogen-bond donors (Lipinski definition) is 1. The summed E-state index contributed by atoms with van der Waals surface area (Å²) in [5.41, 5.74) is 8.02. The van der Waals surface area contributed by atoms with Gasteiger partial charge in [-0.2, -0.15) is 0 Å². The summed E-state index contributed by atoms with van der Waals surface area (Å²) in [5, 5.41) is 0. The van der Waals surface area contributed by atoms with Gasteiger partial charge in [-0.15, -0.1) is 0 Å². The summed E-state index contributed by atoms with van der Waals surface area (Å²) in [6, 6.07) is 3.51. The van der Waals surface area contributed by atoms with Crippen molar-refractivity contribution in [2.75, 3.05) is 7.11 Å². The Bertz CT molecular complexity index is 351. The van der Waals surface area contributed by atoms with Crippen LogP contribution in [0, 0.1) is 5.82 Å². The minimum Gasteiger partial charge on any atom is -0.494 e. The minimum atomic E-state index is -0.291. The fourth-order valence-electron chi connectivity index (χ4n) is 1.94. The number of nitrogens with two attached hydrogens (primary N) is 1. The van der Waals surface area contributed by atoms with Crippen molar-refractivity contribution in [3.05, 3.63) is 29.1 Å². The van der Waals surface area contributed by atoms with Crippen LogP contribution in [0.2, 0.25) is 0 Å². The first kappa shape index (κ1) is 9.46. The maximum Gasteiger partial charge on any atom is 0.165 e. The fraction of sp³-hybridized carbons (Fsp3) is 0.455.